The van der Waals surface area contributed by atoms with Crippen LogP contribution >= 0.6 is 0 Å². The van der Waals surface area contributed by atoms with Gasteiger partial charge < -0.3 is 34.7 Å². The van der Waals surface area contributed by atoms with E-state index in [1.54, 1.807) is 6.07 Å². The lowest BCUT2D eigenvalue weighted by Gasteiger charge is -2.39. The summed E-state index contributed by atoms with van der Waals surface area (Å²) in [5.74, 6) is -1.87. The zero-order valence-corrected chi connectivity index (χ0v) is 24.8. The molecule has 2 aromatic carbocycles. The monoisotopic (exact) mass is 575 g/mol. The number of carboxylic acids is 1. The zero-order valence-electron chi connectivity index (χ0n) is 24.0. The maximum atomic E-state index is 13.8. The van der Waals surface area contributed by atoms with Crippen LogP contribution in [0.25, 0.3) is 0 Å². The molecule has 3 rings (SSSR count). The molecule has 0 radical (unpaired) electrons. The highest BCUT2D eigenvalue weighted by atomic mass is 32.2. The lowest BCUT2D eigenvalue weighted by Crippen LogP contribution is -2.42. The first kappa shape index (κ1) is 31.9. The number of anilines is 2. The Morgan fingerprint density at radius 1 is 1.12 bits per heavy atom. The van der Waals surface area contributed by atoms with Crippen molar-refractivity contribution in [1.82, 2.24) is 0 Å². The zero-order chi connectivity index (χ0) is 29.3. The van der Waals surface area contributed by atoms with Gasteiger partial charge in [-0.15, -0.1) is 0 Å². The lowest BCUT2D eigenvalue weighted by atomic mass is 9.69. The van der Waals surface area contributed by atoms with Crippen LogP contribution in [0.2, 0.25) is 0 Å². The number of carbonyl (C=O) groups is 1. The fourth-order valence-electron chi connectivity index (χ4n) is 5.49. The van der Waals surface area contributed by atoms with Crippen molar-refractivity contribution >= 4 is 27.2 Å². The number of aliphatic hydroxyl groups excluding tert-OH is 1. The molecule has 40 heavy (non-hydrogen) atoms. The van der Waals surface area contributed by atoms with E-state index in [2.05, 4.69) is 12.2 Å². The Morgan fingerprint density at radius 3 is 2.55 bits per heavy atom. The van der Waals surface area contributed by atoms with Crippen LogP contribution in [0.1, 0.15) is 56.6 Å². The number of nitrogens with zero attached hydrogens (tertiary/aromatic N) is 1. The quantitative estimate of drug-likeness (QED) is 0.308. The number of sulfone groups is 1. The van der Waals surface area contributed by atoms with E-state index in [-0.39, 0.29) is 19.0 Å². The third kappa shape index (κ3) is 7.75. The minimum absolute atomic E-state index is 0.0789. The molecular weight excluding hydrogens is 532 g/mol. The first-order valence-electron chi connectivity index (χ1n) is 14.0. The Hall–Kier alpha value is -2.66. The van der Waals surface area contributed by atoms with Gasteiger partial charge in [0.15, 0.2) is 9.84 Å². The van der Waals surface area contributed by atoms with Crippen molar-refractivity contribution in [2.24, 2.45) is 5.41 Å². The van der Waals surface area contributed by atoms with Gasteiger partial charge in [-0.25, -0.2) is 8.42 Å². The van der Waals surface area contributed by atoms with Gasteiger partial charge in [0.1, 0.15) is 0 Å². The Labute approximate surface area is 238 Å². The summed E-state index contributed by atoms with van der Waals surface area (Å²) in [6.45, 7) is 4.91. The second kappa shape index (κ2) is 14.3. The average Bonchev–Trinajstić information content (AvgIpc) is 2.99. The Kier molecular flexibility index (Phi) is 11.4. The molecule has 0 amide bonds. The van der Waals surface area contributed by atoms with E-state index in [9.17, 15) is 23.4 Å². The summed E-state index contributed by atoms with van der Waals surface area (Å²) >= 11 is 0. The number of carboxylic acid groups (broad SMARTS) is 1. The summed E-state index contributed by atoms with van der Waals surface area (Å²) in [5.41, 5.74) is 2.40. The van der Waals surface area contributed by atoms with Gasteiger partial charge in [-0.1, -0.05) is 38.8 Å². The molecule has 3 unspecified atom stereocenters. The van der Waals surface area contributed by atoms with E-state index in [0.717, 1.165) is 29.8 Å². The predicted octanol–water partition coefficient (Wildman–Crippen LogP) is 2.81. The first-order chi connectivity index (χ1) is 19.0. The molecule has 2 N–H and O–H groups in total. The predicted molar refractivity (Wildman–Crippen MR) is 154 cm³/mol. The summed E-state index contributed by atoms with van der Waals surface area (Å²) in [6.07, 6.45) is 2.05. The molecule has 0 bridgehead atoms. The van der Waals surface area contributed by atoms with Crippen molar-refractivity contribution in [3.05, 3.63) is 53.6 Å². The second-order valence-electron chi connectivity index (χ2n) is 10.7. The van der Waals surface area contributed by atoms with Gasteiger partial charge in [0, 0.05) is 43.3 Å². The lowest BCUT2D eigenvalue weighted by molar-refractivity contribution is -0.309. The molecule has 0 saturated carbocycles. The summed E-state index contributed by atoms with van der Waals surface area (Å²) in [7, 11) is 0.185. The van der Waals surface area contributed by atoms with Crippen LogP contribution < -0.4 is 15.3 Å². The number of unbranched alkanes of at least 4 members (excludes halogenated alkanes) is 1. The number of aliphatic carboxylic acids is 1. The molecule has 0 aromatic heterocycles. The van der Waals surface area contributed by atoms with Crippen molar-refractivity contribution in [2.45, 2.75) is 56.4 Å². The first-order valence-corrected chi connectivity index (χ1v) is 15.6. The number of aliphatic hydroxyl groups is 1. The minimum Gasteiger partial charge on any atom is -0.548 e. The summed E-state index contributed by atoms with van der Waals surface area (Å²) in [4.78, 5) is 12.6. The highest BCUT2D eigenvalue weighted by Crippen LogP contribution is 2.49. The number of fused-ring (bicyclic) bond motifs is 1. The summed E-state index contributed by atoms with van der Waals surface area (Å²) < 4.78 is 38.0. The Morgan fingerprint density at radius 2 is 1.88 bits per heavy atom. The van der Waals surface area contributed by atoms with Crippen LogP contribution in [0, 0.1) is 5.41 Å². The van der Waals surface area contributed by atoms with E-state index in [0.29, 0.717) is 36.5 Å². The van der Waals surface area contributed by atoms with Gasteiger partial charge in [-0.3, -0.25) is 0 Å². The summed E-state index contributed by atoms with van der Waals surface area (Å²) in [6, 6.07) is 13.2. The fraction of sp³-hybridized carbons (Fsp3) is 0.567. The van der Waals surface area contributed by atoms with E-state index in [1.165, 1.54) is 0 Å². The van der Waals surface area contributed by atoms with Crippen molar-refractivity contribution in [2.75, 3.05) is 63.0 Å². The van der Waals surface area contributed by atoms with Crippen molar-refractivity contribution in [3.63, 3.8) is 0 Å². The SMILES string of the molecule is CCCCC1(CC)CS(=O)(=O)c2ccc(N(C)C)cc2C(c2cccc(NCCOCCOCC(=O)[O-])c2)C1O. The minimum atomic E-state index is -3.64. The third-order valence-corrected chi connectivity index (χ3v) is 9.74. The highest BCUT2D eigenvalue weighted by Gasteiger charge is 2.49. The normalized spacial score (nSPS) is 21.8. The molecule has 3 atom stereocenters. The van der Waals surface area contributed by atoms with Gasteiger partial charge in [-0.2, -0.15) is 0 Å². The average molecular weight is 576 g/mol. The van der Waals surface area contributed by atoms with Crippen LogP contribution in [0.5, 0.6) is 0 Å². The van der Waals surface area contributed by atoms with Crippen LogP contribution in [-0.4, -0.2) is 78.4 Å². The molecular formula is C30H43N2O7S-. The van der Waals surface area contributed by atoms with Gasteiger partial charge in [-0.05, 0) is 54.3 Å². The van der Waals surface area contributed by atoms with Crippen LogP contribution in [-0.2, 0) is 24.1 Å². The number of hydrogen-bond acceptors (Lipinski definition) is 9. The highest BCUT2D eigenvalue weighted by molar-refractivity contribution is 7.91. The number of hydrogen-bond donors (Lipinski definition) is 2. The summed E-state index contributed by atoms with van der Waals surface area (Å²) in [5, 5.41) is 25.8. The number of ether oxygens (including phenoxy) is 2. The van der Waals surface area contributed by atoms with Gasteiger partial charge >= 0.3 is 0 Å². The maximum absolute atomic E-state index is 13.8. The smallest absolute Gasteiger partial charge is 0.179 e. The maximum Gasteiger partial charge on any atom is 0.179 e. The van der Waals surface area contributed by atoms with E-state index in [4.69, 9.17) is 9.47 Å². The largest absolute Gasteiger partial charge is 0.548 e. The molecule has 1 aliphatic rings. The van der Waals surface area contributed by atoms with Gasteiger partial charge in [0.25, 0.3) is 0 Å². The Balaban J connectivity index is 1.92. The van der Waals surface area contributed by atoms with Crippen LogP contribution in [0.4, 0.5) is 11.4 Å². The van der Waals surface area contributed by atoms with Crippen molar-refractivity contribution < 1.29 is 32.9 Å². The topological polar surface area (TPSA) is 128 Å². The van der Waals surface area contributed by atoms with Crippen molar-refractivity contribution in [1.29, 1.82) is 0 Å². The number of benzene rings is 2. The molecule has 0 spiro atoms. The van der Waals surface area contributed by atoms with Gasteiger partial charge in [0.05, 0.1) is 49.1 Å². The van der Waals surface area contributed by atoms with Gasteiger partial charge in [0.2, 0.25) is 0 Å². The van der Waals surface area contributed by atoms with Crippen LogP contribution in [0.3, 0.4) is 0 Å². The third-order valence-electron chi connectivity index (χ3n) is 7.75. The second-order valence-corrected chi connectivity index (χ2v) is 12.7. The molecule has 9 nitrogen and oxygen atoms in total. The molecule has 1 heterocycles. The van der Waals surface area contributed by atoms with E-state index < -0.39 is 39.9 Å². The van der Waals surface area contributed by atoms with E-state index in [1.807, 2.05) is 62.3 Å². The molecule has 1 aliphatic heterocycles. The molecule has 0 saturated heterocycles. The number of carbonyl (C=O) groups excluding carboxylic acids is 1. The fourth-order valence-corrected chi connectivity index (χ4v) is 7.74. The molecule has 2 aromatic rings. The van der Waals surface area contributed by atoms with Crippen LogP contribution in [0.15, 0.2) is 47.4 Å². The Bertz CT molecular complexity index is 1230. The molecule has 0 aliphatic carbocycles. The number of rotatable bonds is 15. The van der Waals surface area contributed by atoms with Crippen molar-refractivity contribution in [3.8, 4) is 0 Å². The van der Waals surface area contributed by atoms with E-state index >= 15 is 0 Å². The standard InChI is InChI=1S/C30H44N2O7S/c1-5-7-13-30(6-2)21-40(36,37)26-12-11-24(32(3)4)19-25(26)28(29(30)35)22-9-8-10-23(18-22)31-14-15-38-16-17-39-20-27(33)34/h8-12,18-19,28-29,31,35H,5-7,13-17,20-21H2,1-4H3,(H,33,34)/p-1. The molecule has 222 valence electrons. The molecule has 0 fully saturated rings. The molecule has 10 heteroatoms. The number of nitrogens with one attached hydrogen (secondary N) is 1.